The minimum absolute atomic E-state index is 0.00454. The SMILES string of the molecule is CC(C)[C@H](N)C(=O)Nc1cnc2c(-c3ccncc3)c(-c3ccc(F)cc3)n(C)c2n1. The molecule has 8 heteroatoms. The first-order valence-electron chi connectivity index (χ1n) is 9.95. The molecule has 0 unspecified atom stereocenters. The van der Waals surface area contributed by atoms with Crippen LogP contribution >= 0.6 is 0 Å². The van der Waals surface area contributed by atoms with E-state index in [4.69, 9.17) is 5.73 Å². The highest BCUT2D eigenvalue weighted by molar-refractivity contribution is 6.02. The highest BCUT2D eigenvalue weighted by Crippen LogP contribution is 2.38. The van der Waals surface area contributed by atoms with Crippen LogP contribution in [0.25, 0.3) is 33.5 Å². The van der Waals surface area contributed by atoms with Crippen molar-refractivity contribution in [2.45, 2.75) is 19.9 Å². The van der Waals surface area contributed by atoms with Gasteiger partial charge in [-0.15, -0.1) is 0 Å². The Morgan fingerprint density at radius 1 is 1.10 bits per heavy atom. The number of rotatable bonds is 5. The van der Waals surface area contributed by atoms with E-state index in [2.05, 4.69) is 20.3 Å². The van der Waals surface area contributed by atoms with Gasteiger partial charge in [0.15, 0.2) is 11.5 Å². The lowest BCUT2D eigenvalue weighted by molar-refractivity contribution is -0.118. The molecule has 1 aromatic carbocycles. The molecule has 0 bridgehead atoms. The first-order valence-corrected chi connectivity index (χ1v) is 9.95. The van der Waals surface area contributed by atoms with Crippen molar-refractivity contribution in [3.05, 3.63) is 60.8 Å². The molecular formula is C23H23FN6O. The minimum atomic E-state index is -0.645. The maximum atomic E-state index is 13.5. The average molecular weight is 418 g/mol. The molecule has 1 amide bonds. The molecule has 0 aliphatic rings. The third-order valence-corrected chi connectivity index (χ3v) is 5.24. The summed E-state index contributed by atoms with van der Waals surface area (Å²) in [7, 11) is 1.87. The molecule has 0 spiro atoms. The maximum Gasteiger partial charge on any atom is 0.242 e. The van der Waals surface area contributed by atoms with Crippen LogP contribution in [-0.4, -0.2) is 31.5 Å². The van der Waals surface area contributed by atoms with Crippen LogP contribution in [0.4, 0.5) is 10.2 Å². The van der Waals surface area contributed by atoms with Crippen LogP contribution in [-0.2, 0) is 11.8 Å². The van der Waals surface area contributed by atoms with Crippen LogP contribution in [0.1, 0.15) is 13.8 Å². The molecule has 0 saturated heterocycles. The molecule has 4 rings (SSSR count). The van der Waals surface area contributed by atoms with E-state index < -0.39 is 6.04 Å². The minimum Gasteiger partial charge on any atom is -0.326 e. The Hall–Kier alpha value is -3.65. The lowest BCUT2D eigenvalue weighted by Gasteiger charge is -2.14. The highest BCUT2D eigenvalue weighted by atomic mass is 19.1. The Balaban J connectivity index is 1.88. The molecule has 0 fully saturated rings. The number of carbonyl (C=O) groups excluding carboxylic acids is 1. The van der Waals surface area contributed by atoms with Gasteiger partial charge in [-0.3, -0.25) is 9.78 Å². The summed E-state index contributed by atoms with van der Waals surface area (Å²) in [5.41, 5.74) is 10.6. The zero-order valence-electron chi connectivity index (χ0n) is 17.5. The Morgan fingerprint density at radius 2 is 1.77 bits per heavy atom. The second kappa shape index (κ2) is 8.23. The predicted octanol–water partition coefficient (Wildman–Crippen LogP) is 3.76. The molecule has 4 aromatic rings. The Morgan fingerprint density at radius 3 is 2.42 bits per heavy atom. The molecule has 31 heavy (non-hydrogen) atoms. The number of aryl methyl sites for hydroxylation is 1. The first-order chi connectivity index (χ1) is 14.9. The summed E-state index contributed by atoms with van der Waals surface area (Å²) in [6.45, 7) is 3.76. The molecule has 158 valence electrons. The predicted molar refractivity (Wildman–Crippen MR) is 119 cm³/mol. The van der Waals surface area contributed by atoms with Gasteiger partial charge < -0.3 is 15.6 Å². The van der Waals surface area contributed by atoms with E-state index >= 15 is 0 Å². The summed E-state index contributed by atoms with van der Waals surface area (Å²) >= 11 is 0. The fraction of sp³-hybridized carbons (Fsp3) is 0.217. The van der Waals surface area contributed by atoms with E-state index in [-0.39, 0.29) is 17.6 Å². The standard InChI is InChI=1S/C23H23FN6O/c1-13(2)19(25)23(31)29-17-12-27-20-18(14-8-10-26-11-9-14)21(30(3)22(20)28-17)15-4-6-16(24)7-5-15/h4-13,19H,25H2,1-3H3,(H,28,29,31)/t19-/m0/s1. The summed E-state index contributed by atoms with van der Waals surface area (Å²) in [6, 6.07) is 9.42. The van der Waals surface area contributed by atoms with Crippen molar-refractivity contribution in [3.63, 3.8) is 0 Å². The topological polar surface area (TPSA) is 98.7 Å². The number of carbonyl (C=O) groups is 1. The molecule has 0 radical (unpaired) electrons. The molecule has 1 atom stereocenters. The van der Waals surface area contributed by atoms with Crippen molar-refractivity contribution in [1.82, 2.24) is 19.5 Å². The zero-order valence-corrected chi connectivity index (χ0v) is 17.5. The quantitative estimate of drug-likeness (QED) is 0.514. The van der Waals surface area contributed by atoms with Gasteiger partial charge in [0.1, 0.15) is 11.3 Å². The molecule has 7 nitrogen and oxygen atoms in total. The number of anilines is 1. The largest absolute Gasteiger partial charge is 0.326 e. The van der Waals surface area contributed by atoms with Crippen molar-refractivity contribution in [2.75, 3.05) is 5.32 Å². The molecule has 3 aromatic heterocycles. The lowest BCUT2D eigenvalue weighted by Crippen LogP contribution is -2.39. The average Bonchev–Trinajstić information content (AvgIpc) is 3.06. The van der Waals surface area contributed by atoms with Gasteiger partial charge in [-0.1, -0.05) is 13.8 Å². The van der Waals surface area contributed by atoms with Gasteiger partial charge in [-0.05, 0) is 53.4 Å². The third-order valence-electron chi connectivity index (χ3n) is 5.24. The van der Waals surface area contributed by atoms with E-state index in [0.717, 1.165) is 22.4 Å². The van der Waals surface area contributed by atoms with Crippen LogP contribution in [0.3, 0.4) is 0 Å². The van der Waals surface area contributed by atoms with Crippen LogP contribution in [0.15, 0.2) is 55.0 Å². The number of hydrogen-bond acceptors (Lipinski definition) is 5. The number of amides is 1. The second-order valence-electron chi connectivity index (χ2n) is 7.71. The lowest BCUT2D eigenvalue weighted by atomic mass is 10.0. The van der Waals surface area contributed by atoms with Crippen molar-refractivity contribution < 1.29 is 9.18 Å². The van der Waals surface area contributed by atoms with E-state index in [0.29, 0.717) is 17.0 Å². The molecule has 3 N–H and O–H groups in total. The van der Waals surface area contributed by atoms with Gasteiger partial charge in [0, 0.05) is 25.0 Å². The van der Waals surface area contributed by atoms with Crippen LogP contribution < -0.4 is 11.1 Å². The number of hydrogen-bond donors (Lipinski definition) is 2. The number of aromatic nitrogens is 4. The Bertz CT molecular complexity index is 1230. The maximum absolute atomic E-state index is 13.5. The van der Waals surface area contributed by atoms with Gasteiger partial charge in [-0.2, -0.15) is 0 Å². The summed E-state index contributed by atoms with van der Waals surface area (Å²) < 4.78 is 15.4. The molecular weight excluding hydrogens is 395 g/mol. The second-order valence-corrected chi connectivity index (χ2v) is 7.71. The van der Waals surface area contributed by atoms with Crippen molar-refractivity contribution in [2.24, 2.45) is 18.7 Å². The van der Waals surface area contributed by atoms with Gasteiger partial charge >= 0.3 is 0 Å². The zero-order chi connectivity index (χ0) is 22.1. The molecule has 0 aliphatic heterocycles. The van der Waals surface area contributed by atoms with Gasteiger partial charge in [0.2, 0.25) is 5.91 Å². The molecule has 0 saturated carbocycles. The van der Waals surface area contributed by atoms with E-state index in [1.54, 1.807) is 24.5 Å². The monoisotopic (exact) mass is 418 g/mol. The smallest absolute Gasteiger partial charge is 0.242 e. The van der Waals surface area contributed by atoms with Crippen LogP contribution in [0.2, 0.25) is 0 Å². The number of halogens is 1. The summed E-state index contributed by atoms with van der Waals surface area (Å²) in [4.78, 5) is 25.7. The number of pyridine rings is 1. The highest BCUT2D eigenvalue weighted by Gasteiger charge is 2.22. The van der Waals surface area contributed by atoms with Crippen molar-refractivity contribution in [1.29, 1.82) is 0 Å². The number of fused-ring (bicyclic) bond motifs is 1. The summed E-state index contributed by atoms with van der Waals surface area (Å²) in [5.74, 6) is -0.307. The van der Waals surface area contributed by atoms with Crippen molar-refractivity contribution in [3.8, 4) is 22.4 Å². The van der Waals surface area contributed by atoms with Gasteiger partial charge in [0.25, 0.3) is 0 Å². The van der Waals surface area contributed by atoms with Gasteiger partial charge in [0.05, 0.1) is 17.9 Å². The fourth-order valence-corrected chi connectivity index (χ4v) is 3.49. The van der Waals surface area contributed by atoms with Gasteiger partial charge in [-0.25, -0.2) is 14.4 Å². The first kappa shape index (κ1) is 20.6. The van der Waals surface area contributed by atoms with Crippen LogP contribution in [0.5, 0.6) is 0 Å². The number of nitrogens with zero attached hydrogens (tertiary/aromatic N) is 4. The Labute approximate surface area is 179 Å². The van der Waals surface area contributed by atoms with E-state index in [1.807, 2.05) is 37.6 Å². The summed E-state index contributed by atoms with van der Waals surface area (Å²) in [6.07, 6.45) is 4.93. The van der Waals surface area contributed by atoms with E-state index in [9.17, 15) is 9.18 Å². The summed E-state index contributed by atoms with van der Waals surface area (Å²) in [5, 5.41) is 2.75. The molecule has 3 heterocycles. The third kappa shape index (κ3) is 3.89. The number of nitrogens with two attached hydrogens (primary N) is 1. The normalized spacial score (nSPS) is 12.3. The fourth-order valence-electron chi connectivity index (χ4n) is 3.49. The van der Waals surface area contributed by atoms with E-state index in [1.165, 1.54) is 18.3 Å². The number of nitrogens with one attached hydrogen (secondary N) is 1. The molecule has 0 aliphatic carbocycles. The van der Waals surface area contributed by atoms with Crippen LogP contribution in [0, 0.1) is 11.7 Å². The Kier molecular flexibility index (Phi) is 5.48. The van der Waals surface area contributed by atoms with Crippen molar-refractivity contribution >= 4 is 22.9 Å². The number of benzene rings is 1.